The SMILES string of the molecule is c1ccc(N(c2ccccc2)c2cc3c4c(c2)-n2c5ccccc5c5c2c(cc2c6ccccc6n(-c6ccccc6)c25)[SH]4c2cccc4c5ccccc5n-3c24)cc1. The third-order valence-electron chi connectivity index (χ3n) is 12.8. The maximum Gasteiger partial charge on any atom is 0.0688 e. The first-order chi connectivity index (χ1) is 29.3. The molecule has 5 heterocycles. The molecule has 0 saturated heterocycles. The monoisotopic (exact) mass is 770 g/mol. The van der Waals surface area contributed by atoms with Gasteiger partial charge < -0.3 is 18.6 Å². The summed E-state index contributed by atoms with van der Waals surface area (Å²) in [5.41, 5.74) is 14.7. The number of anilines is 3. The maximum absolute atomic E-state index is 2.62. The van der Waals surface area contributed by atoms with Gasteiger partial charge in [-0.15, -0.1) is 0 Å². The van der Waals surface area contributed by atoms with Crippen LogP contribution in [0.1, 0.15) is 0 Å². The van der Waals surface area contributed by atoms with Crippen LogP contribution in [0.15, 0.2) is 215 Å². The predicted octanol–water partition coefficient (Wildman–Crippen LogP) is 14.6. The van der Waals surface area contributed by atoms with Gasteiger partial charge >= 0.3 is 0 Å². The lowest BCUT2D eigenvalue weighted by atomic mass is 10.1. The van der Waals surface area contributed by atoms with E-state index in [1.807, 2.05) is 0 Å². The van der Waals surface area contributed by atoms with E-state index in [0.29, 0.717) is 0 Å². The zero-order valence-corrected chi connectivity index (χ0v) is 32.7. The van der Waals surface area contributed by atoms with Crippen LogP contribution in [0.2, 0.25) is 0 Å². The molecule has 0 aliphatic carbocycles. The van der Waals surface area contributed by atoms with Gasteiger partial charge in [-0.2, -0.15) is 10.9 Å². The highest BCUT2D eigenvalue weighted by atomic mass is 32.2. The molecule has 9 aromatic carbocycles. The van der Waals surface area contributed by atoms with Crippen LogP contribution in [0.5, 0.6) is 0 Å². The second-order valence-electron chi connectivity index (χ2n) is 15.8. The molecule has 1 atom stereocenters. The fourth-order valence-corrected chi connectivity index (χ4v) is 13.4. The van der Waals surface area contributed by atoms with Crippen LogP contribution in [0.25, 0.3) is 82.5 Å². The normalized spacial score (nSPS) is 14.5. The molecule has 59 heavy (non-hydrogen) atoms. The first kappa shape index (κ1) is 31.6. The Morgan fingerprint density at radius 1 is 0.339 bits per heavy atom. The minimum atomic E-state index is -0.987. The van der Waals surface area contributed by atoms with Crippen LogP contribution in [-0.4, -0.2) is 13.7 Å². The summed E-state index contributed by atoms with van der Waals surface area (Å²) in [7, 11) is -0.987. The number of thiol groups is 1. The molecule has 0 amide bonds. The molecule has 5 heteroatoms. The maximum atomic E-state index is 2.62. The molecule has 276 valence electrons. The van der Waals surface area contributed by atoms with Gasteiger partial charge in [0.25, 0.3) is 0 Å². The van der Waals surface area contributed by atoms with E-state index in [4.69, 9.17) is 0 Å². The molecule has 1 unspecified atom stereocenters. The summed E-state index contributed by atoms with van der Waals surface area (Å²) in [6.45, 7) is 0. The molecule has 4 nitrogen and oxygen atoms in total. The van der Waals surface area contributed by atoms with E-state index in [1.54, 1.807) is 0 Å². The van der Waals surface area contributed by atoms with E-state index in [0.717, 1.165) is 17.1 Å². The fourth-order valence-electron chi connectivity index (χ4n) is 10.5. The standard InChI is InChI=1S/C54H34N4S/c1-4-17-34(18-5-1)55(35-19-6-2-7-20-35)37-31-46-54-47(32-37)58-45-29-15-12-25-41(45)50-52-42(39-24-11-13-27-43(39)56(52)36-21-8-3-9-22-36)33-49(53(50)58)59(54)48-30-16-26-40-38-23-10-14-28-44(38)57(46)51(40)48/h1-33,59H. The van der Waals surface area contributed by atoms with Crippen LogP contribution in [-0.2, 0) is 0 Å². The second kappa shape index (κ2) is 11.6. The van der Waals surface area contributed by atoms with Crippen molar-refractivity contribution in [2.24, 2.45) is 0 Å². The van der Waals surface area contributed by atoms with Gasteiger partial charge in [0, 0.05) is 64.1 Å². The lowest BCUT2D eigenvalue weighted by Crippen LogP contribution is -2.17. The van der Waals surface area contributed by atoms with Crippen LogP contribution in [0, 0.1) is 0 Å². The number of hydrogen-bond donors (Lipinski definition) is 1. The molecule has 3 aromatic heterocycles. The van der Waals surface area contributed by atoms with Crippen molar-refractivity contribution in [2.45, 2.75) is 14.7 Å². The average Bonchev–Trinajstić information content (AvgIpc) is 3.95. The summed E-state index contributed by atoms with van der Waals surface area (Å²) < 4.78 is 7.72. The Morgan fingerprint density at radius 3 is 1.51 bits per heavy atom. The molecule has 12 aromatic rings. The van der Waals surface area contributed by atoms with Crippen molar-refractivity contribution in [1.82, 2.24) is 13.7 Å². The zero-order chi connectivity index (χ0) is 38.3. The molecular formula is C54H34N4S. The Kier molecular flexibility index (Phi) is 6.19. The van der Waals surface area contributed by atoms with Crippen molar-refractivity contribution in [3.05, 3.63) is 200 Å². The second-order valence-corrected chi connectivity index (χ2v) is 17.8. The number of benzene rings is 9. The van der Waals surface area contributed by atoms with Gasteiger partial charge in [0.2, 0.25) is 0 Å². The summed E-state index contributed by atoms with van der Waals surface area (Å²) in [5, 5.41) is 7.77. The molecule has 0 N–H and O–H groups in total. The van der Waals surface area contributed by atoms with Crippen LogP contribution < -0.4 is 4.90 Å². The first-order valence-electron chi connectivity index (χ1n) is 20.3. The fraction of sp³-hybridized carbons (Fsp3) is 0. The molecule has 2 aliphatic heterocycles. The molecule has 0 bridgehead atoms. The predicted molar refractivity (Wildman–Crippen MR) is 248 cm³/mol. The van der Waals surface area contributed by atoms with Crippen LogP contribution in [0.3, 0.4) is 0 Å². The van der Waals surface area contributed by atoms with Gasteiger partial charge in [-0.05, 0) is 78.9 Å². The summed E-state index contributed by atoms with van der Waals surface area (Å²) in [5.74, 6) is 0. The van der Waals surface area contributed by atoms with E-state index < -0.39 is 10.9 Å². The highest BCUT2D eigenvalue weighted by Gasteiger charge is 2.38. The van der Waals surface area contributed by atoms with E-state index in [2.05, 4.69) is 219 Å². The van der Waals surface area contributed by atoms with Crippen molar-refractivity contribution in [2.75, 3.05) is 4.90 Å². The number of nitrogens with zero attached hydrogens (tertiary/aromatic N) is 4. The number of fused-ring (bicyclic) bond motifs is 14. The molecule has 14 rings (SSSR count). The lowest BCUT2D eigenvalue weighted by Gasteiger charge is -2.39. The van der Waals surface area contributed by atoms with Crippen molar-refractivity contribution >= 4 is 93.4 Å². The highest BCUT2D eigenvalue weighted by molar-refractivity contribution is 8.17. The summed E-state index contributed by atoms with van der Waals surface area (Å²) in [4.78, 5) is 6.68. The van der Waals surface area contributed by atoms with Gasteiger partial charge in [-0.25, -0.2) is 0 Å². The summed E-state index contributed by atoms with van der Waals surface area (Å²) in [6, 6.07) is 74.2. The minimum absolute atomic E-state index is 0.987. The third-order valence-corrected chi connectivity index (χ3v) is 15.3. The largest absolute Gasteiger partial charge is 0.310 e. The van der Waals surface area contributed by atoms with E-state index in [1.165, 1.54) is 97.2 Å². The van der Waals surface area contributed by atoms with E-state index in [9.17, 15) is 0 Å². The number of rotatable bonds is 4. The van der Waals surface area contributed by atoms with Gasteiger partial charge in [0.1, 0.15) is 0 Å². The molecule has 0 saturated carbocycles. The van der Waals surface area contributed by atoms with E-state index >= 15 is 0 Å². The Morgan fingerprint density at radius 2 is 0.847 bits per heavy atom. The van der Waals surface area contributed by atoms with Crippen molar-refractivity contribution in [1.29, 1.82) is 0 Å². The number of hydrogen-bond acceptors (Lipinski definition) is 1. The number of para-hydroxylation sites is 7. The van der Waals surface area contributed by atoms with Crippen LogP contribution in [0.4, 0.5) is 17.1 Å². The van der Waals surface area contributed by atoms with Crippen molar-refractivity contribution < 1.29 is 0 Å². The van der Waals surface area contributed by atoms with Crippen molar-refractivity contribution in [3.63, 3.8) is 0 Å². The van der Waals surface area contributed by atoms with Crippen LogP contribution >= 0.6 is 10.9 Å². The minimum Gasteiger partial charge on any atom is -0.310 e. The summed E-state index contributed by atoms with van der Waals surface area (Å²) >= 11 is 0. The molecule has 0 fully saturated rings. The zero-order valence-electron chi connectivity index (χ0n) is 31.8. The van der Waals surface area contributed by atoms with Gasteiger partial charge in [-0.3, -0.25) is 0 Å². The first-order valence-corrected chi connectivity index (χ1v) is 21.6. The Bertz CT molecular complexity index is 3690. The van der Waals surface area contributed by atoms with Gasteiger partial charge in [0.15, 0.2) is 0 Å². The Hall–Kier alpha value is -7.47. The van der Waals surface area contributed by atoms with Gasteiger partial charge in [-0.1, -0.05) is 121 Å². The number of aromatic nitrogens is 3. The Balaban J connectivity index is 1.22. The summed E-state index contributed by atoms with van der Waals surface area (Å²) in [6.07, 6.45) is 0. The van der Waals surface area contributed by atoms with E-state index in [-0.39, 0.29) is 0 Å². The molecule has 0 radical (unpaired) electrons. The lowest BCUT2D eigenvalue weighted by molar-refractivity contribution is 1.01. The average molecular weight is 771 g/mol. The highest BCUT2D eigenvalue weighted by Crippen LogP contribution is 2.67. The molecule has 0 spiro atoms. The smallest absolute Gasteiger partial charge is 0.0688 e. The Labute approximate surface area is 342 Å². The quantitative estimate of drug-likeness (QED) is 0.177. The van der Waals surface area contributed by atoms with Crippen molar-refractivity contribution in [3.8, 4) is 17.1 Å². The molecular weight excluding hydrogens is 737 g/mol. The third kappa shape index (κ3) is 4.04. The topological polar surface area (TPSA) is 18.0 Å². The molecule has 2 aliphatic rings. The van der Waals surface area contributed by atoms with Gasteiger partial charge in [0.05, 0.1) is 50.2 Å².